The number of likely N-dealkylation sites (tertiary alicyclic amines) is 1. The maximum absolute atomic E-state index is 12.6. The molecule has 1 aliphatic rings. The number of nitrogens with two attached hydrogens (primary N) is 1. The molecule has 1 aliphatic heterocycles. The fourth-order valence-electron chi connectivity index (χ4n) is 5.83. The number of pyridine rings is 1. The molecular formula is C35H37N5O5. The van der Waals surface area contributed by atoms with E-state index in [9.17, 15) is 9.59 Å². The predicted octanol–water partition coefficient (Wildman–Crippen LogP) is 6.31. The van der Waals surface area contributed by atoms with E-state index < -0.39 is 0 Å². The highest BCUT2D eigenvalue weighted by Gasteiger charge is 2.31. The highest BCUT2D eigenvalue weighted by Crippen LogP contribution is 2.34. The summed E-state index contributed by atoms with van der Waals surface area (Å²) in [5.74, 6) is 0.784. The molecule has 0 aliphatic carbocycles. The van der Waals surface area contributed by atoms with E-state index >= 15 is 0 Å². The summed E-state index contributed by atoms with van der Waals surface area (Å²) in [4.78, 5) is 30.9. The summed E-state index contributed by atoms with van der Waals surface area (Å²) in [7, 11) is 0. The highest BCUT2D eigenvalue weighted by molar-refractivity contribution is 5.95. The number of esters is 1. The van der Waals surface area contributed by atoms with Gasteiger partial charge in [-0.2, -0.15) is 5.10 Å². The molecule has 45 heavy (non-hydrogen) atoms. The Bertz CT molecular complexity index is 1870. The first-order valence-electron chi connectivity index (χ1n) is 15.3. The fourth-order valence-corrected chi connectivity index (χ4v) is 5.83. The fraction of sp³-hybridized carbons (Fsp3) is 0.314. The zero-order chi connectivity index (χ0) is 31.5. The quantitative estimate of drug-likeness (QED) is 0.194. The molecule has 5 aromatic rings. The normalized spacial score (nSPS) is 14.8. The monoisotopic (exact) mass is 607 g/mol. The van der Waals surface area contributed by atoms with Crippen LogP contribution in [0, 0.1) is 0 Å². The van der Waals surface area contributed by atoms with Gasteiger partial charge >= 0.3 is 12.1 Å². The van der Waals surface area contributed by atoms with Crippen molar-refractivity contribution in [1.29, 1.82) is 0 Å². The van der Waals surface area contributed by atoms with Gasteiger partial charge in [-0.05, 0) is 74.0 Å². The average Bonchev–Trinajstić information content (AvgIpc) is 3.66. The molecule has 232 valence electrons. The number of rotatable bonds is 9. The van der Waals surface area contributed by atoms with E-state index in [1.54, 1.807) is 18.0 Å². The summed E-state index contributed by atoms with van der Waals surface area (Å²) in [6, 6.07) is 21.8. The number of aromatic nitrogens is 3. The van der Waals surface area contributed by atoms with Crippen LogP contribution in [0.2, 0.25) is 0 Å². The molecular weight excluding hydrogens is 570 g/mol. The number of amides is 1. The molecule has 1 unspecified atom stereocenters. The third-order valence-corrected chi connectivity index (χ3v) is 7.99. The number of hydrogen-bond acceptors (Lipinski definition) is 8. The minimum absolute atomic E-state index is 0.0190. The number of carbonyl (C=O) groups is 2. The first kappa shape index (κ1) is 29.9. The summed E-state index contributed by atoms with van der Waals surface area (Å²) in [6.07, 6.45) is 2.09. The van der Waals surface area contributed by atoms with E-state index in [1.807, 2.05) is 54.9 Å². The Morgan fingerprint density at radius 3 is 2.60 bits per heavy atom. The second-order valence-corrected chi connectivity index (χ2v) is 11.5. The van der Waals surface area contributed by atoms with Crippen LogP contribution in [0.15, 0.2) is 72.9 Å². The van der Waals surface area contributed by atoms with Gasteiger partial charge in [-0.25, -0.2) is 9.78 Å². The molecule has 2 N–H and O–H groups in total. The number of para-hydroxylation sites is 1. The highest BCUT2D eigenvalue weighted by atomic mass is 16.6. The van der Waals surface area contributed by atoms with Gasteiger partial charge in [0.1, 0.15) is 23.9 Å². The van der Waals surface area contributed by atoms with Crippen molar-refractivity contribution >= 4 is 39.6 Å². The summed E-state index contributed by atoms with van der Waals surface area (Å²) in [5.41, 5.74) is 10.7. The topological polar surface area (TPSA) is 122 Å². The Kier molecular flexibility index (Phi) is 8.55. The van der Waals surface area contributed by atoms with E-state index in [4.69, 9.17) is 25.0 Å². The van der Waals surface area contributed by atoms with Crippen molar-refractivity contribution < 1.29 is 23.8 Å². The molecule has 1 saturated heterocycles. The lowest BCUT2D eigenvalue weighted by Gasteiger charge is -2.18. The van der Waals surface area contributed by atoms with Crippen LogP contribution in [-0.2, 0) is 27.3 Å². The van der Waals surface area contributed by atoms with Crippen molar-refractivity contribution in [2.45, 2.75) is 52.4 Å². The zero-order valence-corrected chi connectivity index (χ0v) is 25.7. The Morgan fingerprint density at radius 1 is 1.02 bits per heavy atom. The van der Waals surface area contributed by atoms with Gasteiger partial charge < -0.3 is 24.8 Å². The number of nitrogens with zero attached hydrogens (tertiary/aromatic N) is 4. The van der Waals surface area contributed by atoms with E-state index in [2.05, 4.69) is 35.3 Å². The largest absolute Gasteiger partial charge is 0.487 e. The number of benzene rings is 3. The second-order valence-electron chi connectivity index (χ2n) is 11.5. The van der Waals surface area contributed by atoms with Crippen LogP contribution in [0.25, 0.3) is 32.8 Å². The predicted molar refractivity (Wildman–Crippen MR) is 173 cm³/mol. The summed E-state index contributed by atoms with van der Waals surface area (Å²) >= 11 is 0. The van der Waals surface area contributed by atoms with Gasteiger partial charge in [0.25, 0.3) is 0 Å². The SMILES string of the molecule is CCOC(=O)Cc1ccccc1OCc1nn(C2CCN(C(=O)OC(C)C)C2)c2ccc(-c3ccc4ccnc(N)c4c3)cc12. The lowest BCUT2D eigenvalue weighted by molar-refractivity contribution is -0.142. The maximum Gasteiger partial charge on any atom is 0.410 e. The Labute approximate surface area is 261 Å². The Hall–Kier alpha value is -5.12. The van der Waals surface area contributed by atoms with Crippen LogP contribution in [0.5, 0.6) is 5.75 Å². The van der Waals surface area contributed by atoms with E-state index in [0.29, 0.717) is 31.3 Å². The number of anilines is 1. The first-order chi connectivity index (χ1) is 21.8. The number of carbonyl (C=O) groups excluding carboxylic acids is 2. The van der Waals surface area contributed by atoms with Crippen molar-refractivity contribution in [2.75, 3.05) is 25.4 Å². The van der Waals surface area contributed by atoms with Crippen LogP contribution < -0.4 is 10.5 Å². The standard InChI is InChI=1S/C35H37N5O5/c1-4-43-33(41)19-26-7-5-6-8-32(26)44-21-30-29-18-25(24-10-9-23-13-15-37-34(36)28(23)17-24)11-12-31(29)40(38-30)27-14-16-39(20-27)35(42)45-22(2)3/h5-13,15,17-18,22,27H,4,14,16,19-21H2,1-3H3,(H2,36,37). The molecule has 3 aromatic carbocycles. The van der Waals surface area contributed by atoms with Gasteiger partial charge in [-0.1, -0.05) is 36.4 Å². The van der Waals surface area contributed by atoms with Crippen LogP contribution in [0.1, 0.15) is 44.5 Å². The van der Waals surface area contributed by atoms with Crippen LogP contribution in [-0.4, -0.2) is 57.5 Å². The van der Waals surface area contributed by atoms with Crippen molar-refractivity contribution in [3.05, 3.63) is 84.2 Å². The minimum Gasteiger partial charge on any atom is -0.487 e. The van der Waals surface area contributed by atoms with Crippen molar-refractivity contribution in [2.24, 2.45) is 0 Å². The smallest absolute Gasteiger partial charge is 0.410 e. The molecule has 0 bridgehead atoms. The lowest BCUT2D eigenvalue weighted by Crippen LogP contribution is -2.31. The van der Waals surface area contributed by atoms with E-state index in [0.717, 1.165) is 50.5 Å². The molecule has 10 nitrogen and oxygen atoms in total. The van der Waals surface area contributed by atoms with Crippen LogP contribution in [0.3, 0.4) is 0 Å². The first-order valence-corrected chi connectivity index (χ1v) is 15.3. The van der Waals surface area contributed by atoms with Gasteiger partial charge in [0.05, 0.1) is 30.7 Å². The molecule has 0 radical (unpaired) electrons. The molecule has 2 aromatic heterocycles. The van der Waals surface area contributed by atoms with Crippen LogP contribution in [0.4, 0.5) is 10.6 Å². The van der Waals surface area contributed by atoms with Gasteiger partial charge in [0.15, 0.2) is 0 Å². The van der Waals surface area contributed by atoms with E-state index in [-0.39, 0.29) is 37.2 Å². The van der Waals surface area contributed by atoms with Gasteiger partial charge in [-0.3, -0.25) is 9.48 Å². The summed E-state index contributed by atoms with van der Waals surface area (Å²) in [6.45, 7) is 7.09. The molecule has 1 amide bonds. The molecule has 3 heterocycles. The average molecular weight is 608 g/mol. The van der Waals surface area contributed by atoms with Crippen LogP contribution >= 0.6 is 0 Å². The minimum atomic E-state index is -0.307. The zero-order valence-electron chi connectivity index (χ0n) is 25.7. The number of nitrogen functional groups attached to an aromatic ring is 1. The summed E-state index contributed by atoms with van der Waals surface area (Å²) < 4.78 is 18.9. The second kappa shape index (κ2) is 12.9. The third kappa shape index (κ3) is 6.40. The van der Waals surface area contributed by atoms with Gasteiger partial charge in [0, 0.05) is 35.6 Å². The number of hydrogen-bond donors (Lipinski definition) is 1. The molecule has 10 heteroatoms. The van der Waals surface area contributed by atoms with Crippen molar-refractivity contribution in [1.82, 2.24) is 19.7 Å². The lowest BCUT2D eigenvalue weighted by atomic mass is 10.00. The third-order valence-electron chi connectivity index (χ3n) is 7.99. The Balaban J connectivity index is 1.35. The van der Waals surface area contributed by atoms with Gasteiger partial charge in [-0.15, -0.1) is 0 Å². The molecule has 0 spiro atoms. The van der Waals surface area contributed by atoms with Gasteiger partial charge in [0.2, 0.25) is 0 Å². The summed E-state index contributed by atoms with van der Waals surface area (Å²) in [5, 5.41) is 7.91. The van der Waals surface area contributed by atoms with Crippen molar-refractivity contribution in [3.63, 3.8) is 0 Å². The number of fused-ring (bicyclic) bond motifs is 2. The van der Waals surface area contributed by atoms with E-state index in [1.165, 1.54) is 0 Å². The molecule has 6 rings (SSSR count). The molecule has 0 saturated carbocycles. The molecule has 1 fully saturated rings. The maximum atomic E-state index is 12.6. The van der Waals surface area contributed by atoms with Crippen molar-refractivity contribution in [3.8, 4) is 16.9 Å². The number of ether oxygens (including phenoxy) is 3. The molecule has 1 atom stereocenters. The Morgan fingerprint density at radius 2 is 1.80 bits per heavy atom.